The summed E-state index contributed by atoms with van der Waals surface area (Å²) in [5.41, 5.74) is -0.625. The largest absolute Gasteiger partial charge is 0.462 e. The molecule has 4 nitrogen and oxygen atoms in total. The Bertz CT molecular complexity index is 570. The van der Waals surface area contributed by atoms with Crippen LogP contribution in [0.25, 0.3) is 0 Å². The lowest BCUT2D eigenvalue weighted by molar-refractivity contribution is -0.162. The molecule has 0 aromatic carbocycles. The number of ether oxygens (including phenoxy) is 1. The molecule has 26 heavy (non-hydrogen) atoms. The van der Waals surface area contributed by atoms with Gasteiger partial charge in [0.15, 0.2) is 8.32 Å². The first kappa shape index (κ1) is 21.6. The van der Waals surface area contributed by atoms with Gasteiger partial charge in [0, 0.05) is 25.2 Å². The van der Waals surface area contributed by atoms with E-state index in [0.717, 1.165) is 6.42 Å². The first-order valence-electron chi connectivity index (χ1n) is 9.98. The van der Waals surface area contributed by atoms with Gasteiger partial charge in [-0.1, -0.05) is 27.7 Å². The number of carbonyl (C=O) groups excluding carboxylic acids is 2. The number of fused-ring (bicyclic) bond motifs is 1. The Morgan fingerprint density at radius 2 is 1.73 bits per heavy atom. The highest BCUT2D eigenvalue weighted by Gasteiger charge is 2.58. The van der Waals surface area contributed by atoms with Crippen LogP contribution in [0, 0.1) is 16.7 Å². The van der Waals surface area contributed by atoms with Crippen LogP contribution in [0.1, 0.15) is 74.1 Å². The number of esters is 1. The van der Waals surface area contributed by atoms with Crippen LogP contribution in [-0.4, -0.2) is 32.3 Å². The van der Waals surface area contributed by atoms with Gasteiger partial charge in [-0.2, -0.15) is 0 Å². The maximum Gasteiger partial charge on any atom is 0.311 e. The molecule has 5 heteroatoms. The highest BCUT2D eigenvalue weighted by molar-refractivity contribution is 6.74. The maximum atomic E-state index is 12.5. The van der Waals surface area contributed by atoms with Crippen molar-refractivity contribution in [2.75, 3.05) is 0 Å². The summed E-state index contributed by atoms with van der Waals surface area (Å²) < 4.78 is 12.7. The summed E-state index contributed by atoms with van der Waals surface area (Å²) in [6.07, 6.45) is 2.51. The Balaban J connectivity index is 2.28. The molecule has 0 unspecified atom stereocenters. The summed E-state index contributed by atoms with van der Waals surface area (Å²) in [4.78, 5) is 24.6. The fourth-order valence-corrected chi connectivity index (χ4v) is 5.36. The number of ketones is 1. The van der Waals surface area contributed by atoms with Gasteiger partial charge in [-0.3, -0.25) is 9.59 Å². The van der Waals surface area contributed by atoms with Gasteiger partial charge in [-0.15, -0.1) is 0 Å². The summed E-state index contributed by atoms with van der Waals surface area (Å²) in [7, 11) is -1.94. The van der Waals surface area contributed by atoms with Gasteiger partial charge >= 0.3 is 5.97 Å². The summed E-state index contributed by atoms with van der Waals surface area (Å²) in [6.45, 7) is 19.1. The van der Waals surface area contributed by atoms with Crippen LogP contribution in [0.15, 0.2) is 0 Å². The van der Waals surface area contributed by atoms with E-state index in [2.05, 4.69) is 40.8 Å². The zero-order chi connectivity index (χ0) is 20.1. The summed E-state index contributed by atoms with van der Waals surface area (Å²) in [5.74, 6) is 0.179. The summed E-state index contributed by atoms with van der Waals surface area (Å²) in [5, 5.41) is 0.128. The number of carbonyl (C=O) groups is 2. The minimum atomic E-state index is -1.94. The molecule has 2 aliphatic carbocycles. The molecule has 0 amide bonds. The Kier molecular flexibility index (Phi) is 5.60. The van der Waals surface area contributed by atoms with Crippen molar-refractivity contribution < 1.29 is 18.8 Å². The van der Waals surface area contributed by atoms with Gasteiger partial charge in [0.05, 0.1) is 11.5 Å². The van der Waals surface area contributed by atoms with Crippen LogP contribution in [0.4, 0.5) is 0 Å². The lowest BCUT2D eigenvalue weighted by atomic mass is 9.68. The molecule has 150 valence electrons. The second kappa shape index (κ2) is 6.73. The third kappa shape index (κ3) is 4.09. The number of hydrogen-bond donors (Lipinski definition) is 0. The standard InChI is InChI=1S/C21H38O4Si/c1-19(2,3)18(23)24-16-13-17(25-26(8,9)20(4,5)6)21(7)11-10-14(22)12-15(16)21/h15-17H,10-13H2,1-9H3/t15-,16+,17-,21-/m0/s1. The molecule has 0 aromatic heterocycles. The molecular weight excluding hydrogens is 344 g/mol. The van der Waals surface area contributed by atoms with Crippen molar-refractivity contribution in [3.8, 4) is 0 Å². The molecule has 0 heterocycles. The lowest BCUT2D eigenvalue weighted by Gasteiger charge is -2.45. The van der Waals surface area contributed by atoms with Crippen molar-refractivity contribution in [1.82, 2.24) is 0 Å². The van der Waals surface area contributed by atoms with Crippen LogP contribution in [-0.2, 0) is 18.8 Å². The van der Waals surface area contributed by atoms with Crippen molar-refractivity contribution in [1.29, 1.82) is 0 Å². The highest BCUT2D eigenvalue weighted by atomic mass is 28.4. The molecule has 2 fully saturated rings. The molecule has 0 aliphatic heterocycles. The van der Waals surface area contributed by atoms with E-state index in [1.165, 1.54) is 0 Å². The number of Topliss-reactive ketones (excluding diaryl/α,β-unsaturated/α-hetero) is 1. The molecule has 0 aromatic rings. The first-order chi connectivity index (χ1) is 11.6. The molecule has 0 saturated heterocycles. The van der Waals surface area contributed by atoms with Crippen molar-refractivity contribution >= 4 is 20.1 Å². The minimum Gasteiger partial charge on any atom is -0.462 e. The SMILES string of the molecule is CC(C)(C)C(=O)O[C@@H]1C[C@H](O[Si](C)(C)C(C)(C)C)[C@@]2(C)CCC(=O)C[C@@H]12. The second-order valence-corrected chi connectivity index (χ2v) is 15.9. The zero-order valence-electron chi connectivity index (χ0n) is 18.2. The molecular formula is C21H38O4Si. The van der Waals surface area contributed by atoms with Gasteiger partial charge in [-0.25, -0.2) is 0 Å². The highest BCUT2D eigenvalue weighted by Crippen LogP contribution is 2.55. The van der Waals surface area contributed by atoms with Crippen LogP contribution in [0.3, 0.4) is 0 Å². The predicted octanol–water partition coefficient (Wildman–Crippen LogP) is 5.11. The van der Waals surface area contributed by atoms with E-state index in [0.29, 0.717) is 19.3 Å². The van der Waals surface area contributed by atoms with Gasteiger partial charge < -0.3 is 9.16 Å². The van der Waals surface area contributed by atoms with Crippen LogP contribution >= 0.6 is 0 Å². The molecule has 2 aliphatic rings. The number of rotatable bonds is 3. The average molecular weight is 383 g/mol. The summed E-state index contributed by atoms with van der Waals surface area (Å²) in [6, 6.07) is 0. The van der Waals surface area contributed by atoms with Crippen molar-refractivity contribution in [3.05, 3.63) is 0 Å². The van der Waals surface area contributed by atoms with E-state index in [9.17, 15) is 9.59 Å². The van der Waals surface area contributed by atoms with Gasteiger partial charge in [0.2, 0.25) is 0 Å². The predicted molar refractivity (Wildman–Crippen MR) is 106 cm³/mol. The maximum absolute atomic E-state index is 12.5. The van der Waals surface area contributed by atoms with Gasteiger partial charge in [0.25, 0.3) is 0 Å². The minimum absolute atomic E-state index is 0.0549. The number of hydrogen-bond acceptors (Lipinski definition) is 4. The average Bonchev–Trinajstić information content (AvgIpc) is 2.69. The second-order valence-electron chi connectivity index (χ2n) is 11.2. The Morgan fingerprint density at radius 3 is 2.23 bits per heavy atom. The first-order valence-corrected chi connectivity index (χ1v) is 12.9. The van der Waals surface area contributed by atoms with E-state index >= 15 is 0 Å². The summed E-state index contributed by atoms with van der Waals surface area (Å²) >= 11 is 0. The van der Waals surface area contributed by atoms with E-state index < -0.39 is 13.7 Å². The van der Waals surface area contributed by atoms with Gasteiger partial charge in [-0.05, 0) is 50.7 Å². The van der Waals surface area contributed by atoms with E-state index in [1.807, 2.05) is 20.8 Å². The fraction of sp³-hybridized carbons (Fsp3) is 0.905. The molecule has 2 saturated carbocycles. The zero-order valence-corrected chi connectivity index (χ0v) is 19.2. The fourth-order valence-electron chi connectivity index (χ4n) is 3.93. The van der Waals surface area contributed by atoms with Crippen molar-refractivity contribution in [2.24, 2.45) is 16.7 Å². The van der Waals surface area contributed by atoms with Crippen LogP contribution in [0.5, 0.6) is 0 Å². The van der Waals surface area contributed by atoms with Crippen molar-refractivity contribution in [3.63, 3.8) is 0 Å². The quantitative estimate of drug-likeness (QED) is 0.502. The topological polar surface area (TPSA) is 52.6 Å². The Labute approximate surface area is 160 Å². The Morgan fingerprint density at radius 1 is 1.15 bits per heavy atom. The van der Waals surface area contributed by atoms with E-state index in [-0.39, 0.29) is 40.3 Å². The third-order valence-electron chi connectivity index (χ3n) is 6.98. The molecule has 4 atom stereocenters. The molecule has 0 N–H and O–H groups in total. The smallest absolute Gasteiger partial charge is 0.311 e. The Hall–Kier alpha value is -0.683. The monoisotopic (exact) mass is 382 g/mol. The van der Waals surface area contributed by atoms with E-state index in [4.69, 9.17) is 9.16 Å². The molecule has 2 rings (SSSR count). The lowest BCUT2D eigenvalue weighted by Crippen LogP contribution is -2.49. The normalized spacial score (nSPS) is 33.1. The molecule has 0 radical (unpaired) electrons. The van der Waals surface area contributed by atoms with Gasteiger partial charge in [0.1, 0.15) is 11.9 Å². The van der Waals surface area contributed by atoms with Crippen LogP contribution < -0.4 is 0 Å². The molecule has 0 spiro atoms. The van der Waals surface area contributed by atoms with Crippen molar-refractivity contribution in [2.45, 2.75) is 104 Å². The van der Waals surface area contributed by atoms with Crippen LogP contribution in [0.2, 0.25) is 18.1 Å². The third-order valence-corrected chi connectivity index (χ3v) is 11.5. The molecule has 0 bridgehead atoms. The van der Waals surface area contributed by atoms with E-state index in [1.54, 1.807) is 0 Å².